The highest BCUT2D eigenvalue weighted by Gasteiger charge is 2.33. The van der Waals surface area contributed by atoms with Gasteiger partial charge in [0.1, 0.15) is 52.4 Å². The van der Waals surface area contributed by atoms with Gasteiger partial charge in [0.2, 0.25) is 0 Å². The molecule has 0 saturated carbocycles. The number of amides is 4. The first-order chi connectivity index (χ1) is 70.4. The van der Waals surface area contributed by atoms with Crippen LogP contribution in [0.5, 0.6) is 0 Å². The number of hydrogen-bond donors (Lipinski definition) is 4. The quantitative estimate of drug-likeness (QED) is 0.0599. The van der Waals surface area contributed by atoms with Crippen molar-refractivity contribution in [3.8, 4) is 534 Å². The van der Waals surface area contributed by atoms with E-state index >= 15 is 0 Å². The Labute approximate surface area is 1020 Å². The predicted octanol–water partition coefficient (Wildman–Crippen LogP) is 9.64. The van der Waals surface area contributed by atoms with Crippen LogP contribution in [0.4, 0.5) is 0 Å². The Morgan fingerprint density at radius 1 is 0.264 bits per heavy atom. The number of carbonyl (C=O) groups is 4. The third-order valence-corrected chi connectivity index (χ3v) is 16.5. The molecule has 4 amide bonds. The van der Waals surface area contributed by atoms with E-state index in [-0.39, 0.29) is 185 Å². The average Bonchev–Trinajstić information content (AvgIpc) is 1.72. The van der Waals surface area contributed by atoms with Gasteiger partial charge in [0.15, 0.2) is 23.3 Å². The predicted molar refractivity (Wildman–Crippen MR) is 746 cm³/mol. The average molecular weight is 2170 g/mol. The smallest absolute Gasteiger partial charge is 0.297 e. The van der Waals surface area contributed by atoms with E-state index < -0.39 is 10.1 Å². The summed E-state index contributed by atoms with van der Waals surface area (Å²) < 4.78 is 24.6. The topological polar surface area (TPSA) is 232 Å². The molecule has 874 valence electrons. The van der Waals surface area contributed by atoms with Crippen molar-refractivity contribution in [1.82, 2.24) is 21.3 Å². The molecule has 4 aliphatic rings. The van der Waals surface area contributed by atoms with Crippen LogP contribution in [0.2, 0.25) is 0 Å². The maximum atomic E-state index is 11.7. The van der Waals surface area contributed by atoms with Crippen molar-refractivity contribution < 1.29 is 216 Å². The van der Waals surface area contributed by atoms with Gasteiger partial charge < -0.3 is 68.1 Å². The Hall–Kier alpha value is -22.7. The molecule has 4 rings (SSSR count). The fourth-order valence-corrected chi connectivity index (χ4v) is 8.74. The molecule has 4 aliphatic heterocycles. The standard InChI is InChI=1S/C33H17N3O.C32H15N3O.C30H15N3O.C28H15N3O.CH4O4S.3ClH.87H2/c1-4-5-6-7-8-9-10-11-12-13-14-15-16-17-18-19-20-21-22-23-24-25-26-27-33(37)35-29-31-36(3)30-28-34-32(36)2;1-4-5-6-7-8-9-10-11-12-13-14-15-16-17-18-19-20-21-22-23-24-25-26-32(36)34-28-30-35(3)29-27-33-31(35)2;1-4-5-6-7-8-9-10-11-12-13-14-15-16-17-18-19-20-21-22-23-24-30(34)32-26-28-33(3)27-25-31-29(33)2;1-4-5-6-7-8-9-10-11-12-13-14-15-16-17-18-19-20-21-22-28(32)30-24-26-31(3)25-23-29-27(31)2;1-6(3,4)5-2;;;;;;;;;;;;;;;;;;;;;;;;;;;;;;;;;;;;;;;;;;;;;;;;;;;;;;;;;;;;;;;;;;;;;;;;;;;;;;;;;;;;;;;;;;/h28-31H2,1-3H3;1H,27-30H2,2-3H3;1H,25-28H2,2-3H3;1H,23-26H2,2-3H3;2H,1H3;90*1H. The van der Waals surface area contributed by atoms with Crippen LogP contribution in [-0.2, 0) is 33.6 Å². The molecule has 24 heteroatoms. The first kappa shape index (κ1) is 132. The van der Waals surface area contributed by atoms with Crippen molar-refractivity contribution in [3.63, 3.8) is 0 Å². The maximum absolute atomic E-state index is 11.7. The fraction of sp³-hybridized carbons (Fsp3) is 0.210. The van der Waals surface area contributed by atoms with Gasteiger partial charge >= 0.3 is 0 Å². The Morgan fingerprint density at radius 3 is 0.480 bits per heavy atom. The van der Waals surface area contributed by atoms with Gasteiger partial charge in [0, 0.05) is 282 Å². The number of quaternary nitrogens is 4. The van der Waals surface area contributed by atoms with Crippen molar-refractivity contribution in [3.05, 3.63) is 0 Å². The monoisotopic (exact) mass is 2170 g/mol. The second-order valence-electron chi connectivity index (χ2n) is 25.9. The first-order valence-corrected chi connectivity index (χ1v) is 42.6. The van der Waals surface area contributed by atoms with Crippen LogP contribution in [0, 0.1) is 534 Å². The highest BCUT2D eigenvalue weighted by atomic mass is 35.5. The minimum absolute atomic E-state index is 0. The Bertz CT molecular complexity index is 8880. The highest BCUT2D eigenvalue weighted by molar-refractivity contribution is 7.85. The lowest BCUT2D eigenvalue weighted by Crippen LogP contribution is -3.00. The molecule has 0 aliphatic carbocycles. The van der Waals surface area contributed by atoms with E-state index in [1.807, 2.05) is 27.7 Å². The number of rotatable bonds is 13. The van der Waals surface area contributed by atoms with E-state index in [0.717, 1.165) is 120 Å². The zero-order valence-electron chi connectivity index (χ0n) is 80.9. The van der Waals surface area contributed by atoms with Gasteiger partial charge in [-0.2, -0.15) is 0 Å². The summed E-state index contributed by atoms with van der Waals surface area (Å²) >= 11 is 0. The van der Waals surface area contributed by atoms with E-state index in [2.05, 4.69) is 589 Å². The molecule has 20 nitrogen and oxygen atoms in total. The summed E-state index contributed by atoms with van der Waals surface area (Å²) in [5.41, 5.74) is 0. The normalized spacial score (nSPS) is 12.3. The molecule has 4 atom stereocenters. The SMILES string of the molecule is C#CC#CC#CC#CC#CC#CC#CC#CC#CC#CC#CC#CC(=O)NCC[N+]1(C)CCN=C1C.C#CC#CC#CC#CC#CC#CC#CC#CC#CC#CC#CC(=O)NCC[N+]1(C)CCN=C1C.C#CC#CC#CC#CC#CC#CC#CC#CC#CC#CC(=O)NCC[N+]1(C)CCN=C1C.CC#CC#CC#CC#CC#CC#CC#CC#CC#CC#CC#CC#CC(=O)NCC[N+]1(C)CCN=C1C.CS(=O)(=O)O[O-].[Cl-].[Cl-].[Cl-].[HH].[HH].[HH].[HH].[HH].[HH].[HH].[HH].[HH].[HH].[HH].[HH].[HH].[HH].[HH].[HH].[HH].[HH].[HH].[HH].[HH].[HH].[HH].[HH].[HH].[HH].[HH].[HH].[HH].[HH].[HH].[HH].[HH].[HH].[HH].[HH].[HH].[HH].[HH].[HH].[HH].[HH].[HH].[HH].[HH].[HH].[HH].[HH].[HH].[HH].[HH].[HH].[HH].[HH].[HH].[HH].[HH].[HH].[HH].[HH].[HH].[HH].[HH].[HH].[HH].[HH].[HH].[HH].[HH].[HH].[HH].[HH].[HH].[HH].[HH].[HH].[HH].[HH].[HH].[HH].[HH].[HH].[HH].[HH].[HH].[HH].[HH]. The van der Waals surface area contributed by atoms with Gasteiger partial charge in [-0.25, -0.2) is 28.4 Å². The van der Waals surface area contributed by atoms with Crippen molar-refractivity contribution >= 4 is 57.1 Å². The number of halogens is 3. The molecular formula is C124H243Cl3N12O8S. The lowest BCUT2D eigenvalue weighted by molar-refractivity contribution is -0.813. The summed E-state index contributed by atoms with van der Waals surface area (Å²) in [5.74, 6) is 217. The second-order valence-corrected chi connectivity index (χ2v) is 27.5. The maximum Gasteiger partial charge on any atom is 0.297 e. The lowest BCUT2D eigenvalue weighted by Gasteiger charge is -2.28. The molecule has 0 fully saturated rings. The molecule has 0 spiro atoms. The molecule has 0 bridgehead atoms. The van der Waals surface area contributed by atoms with E-state index in [0.29, 0.717) is 32.4 Å². The summed E-state index contributed by atoms with van der Waals surface area (Å²) in [6.07, 6.45) is 15.5. The summed E-state index contributed by atoms with van der Waals surface area (Å²) in [7, 11) is 4.68. The number of terminal acetylenes is 3. The Kier molecular flexibility index (Phi) is 81.9. The van der Waals surface area contributed by atoms with Gasteiger partial charge in [-0.3, -0.25) is 37.1 Å². The molecule has 0 radical (unpaired) electrons. The largest absolute Gasteiger partial charge is 1.00 e. The van der Waals surface area contributed by atoms with E-state index in [9.17, 15) is 27.6 Å². The number of nitrogens with one attached hydrogen (secondary N) is 4. The molecule has 0 aromatic rings. The number of amidine groups is 4. The van der Waals surface area contributed by atoms with Crippen LogP contribution >= 0.6 is 0 Å². The zero-order chi connectivity index (χ0) is 106. The molecule has 0 aromatic carbocycles. The lowest BCUT2D eigenvalue weighted by atomic mass is 10.4. The number of nitrogens with zero attached hydrogens (tertiary/aromatic N) is 8. The number of aliphatic imine (C=N–C) groups is 4. The molecule has 4 unspecified atom stereocenters. The van der Waals surface area contributed by atoms with Gasteiger partial charge in [0.05, 0.1) is 86.8 Å². The van der Waals surface area contributed by atoms with Crippen molar-refractivity contribution in [2.75, 3.05) is 139 Å². The number of likely N-dealkylation sites (N-methyl/N-ethyl adjacent to an activating group) is 4. The molecule has 0 saturated heterocycles. The van der Waals surface area contributed by atoms with E-state index in [4.69, 9.17) is 24.5 Å². The minimum Gasteiger partial charge on any atom is -1.00 e. The van der Waals surface area contributed by atoms with Gasteiger partial charge in [-0.15, -0.1) is 19.3 Å². The van der Waals surface area contributed by atoms with Crippen LogP contribution in [0.15, 0.2) is 20.0 Å². The van der Waals surface area contributed by atoms with Gasteiger partial charge in [-0.05, 0) is 386 Å². The molecule has 4 N–H and O–H groups in total. The molecule has 0 aromatic heterocycles. The minimum atomic E-state index is -3.72. The zero-order valence-corrected chi connectivity index (χ0v) is 84.0. The van der Waals surface area contributed by atoms with Crippen LogP contribution in [0.1, 0.15) is 159 Å². The van der Waals surface area contributed by atoms with Crippen LogP contribution in [0.3, 0.4) is 0 Å². The van der Waals surface area contributed by atoms with Crippen LogP contribution < -0.4 is 63.7 Å². The Morgan fingerprint density at radius 2 is 0.378 bits per heavy atom. The second kappa shape index (κ2) is 92.1. The summed E-state index contributed by atoms with van der Waals surface area (Å²) in [4.78, 5) is 64.4. The first-order valence-electron chi connectivity index (χ1n) is 40.8. The molecule has 4 heterocycles. The van der Waals surface area contributed by atoms with E-state index in [1.54, 1.807) is 6.92 Å². The van der Waals surface area contributed by atoms with Crippen LogP contribution in [-0.4, -0.2) is 212 Å². The van der Waals surface area contributed by atoms with E-state index in [1.165, 1.54) is 0 Å². The molecule has 148 heavy (non-hydrogen) atoms. The third kappa shape index (κ3) is 80.6. The summed E-state index contributed by atoms with van der Waals surface area (Å²) in [5, 5.41) is 19.9. The van der Waals surface area contributed by atoms with Gasteiger partial charge in [0.25, 0.3) is 33.7 Å². The van der Waals surface area contributed by atoms with Crippen molar-refractivity contribution in [1.29, 1.82) is 0 Å². The summed E-state index contributed by atoms with van der Waals surface area (Å²) in [6.45, 7) is 22.0. The van der Waals surface area contributed by atoms with Gasteiger partial charge in [-0.1, -0.05) is 5.92 Å². The number of hydrogen-bond acceptors (Lipinski definition) is 12. The Balaban J connectivity index is -0.0000000116. The number of carbonyl (C=O) groups excluding carboxylic acids is 4. The van der Waals surface area contributed by atoms with Crippen molar-refractivity contribution in [2.45, 2.75) is 34.6 Å². The fourth-order valence-electron chi connectivity index (χ4n) is 8.74. The van der Waals surface area contributed by atoms with Crippen molar-refractivity contribution in [2.24, 2.45) is 20.0 Å². The highest BCUT2D eigenvalue weighted by Crippen LogP contribution is 2.13. The van der Waals surface area contributed by atoms with Crippen LogP contribution in [0.25, 0.3) is 0 Å². The third-order valence-electron chi connectivity index (χ3n) is 16.3. The summed E-state index contributed by atoms with van der Waals surface area (Å²) in [6, 6.07) is 0. The molecular weight excluding hydrogens is 1920 g/mol.